The molecule has 1 saturated carbocycles. The Kier molecular flexibility index (Phi) is 4.98. The summed E-state index contributed by atoms with van der Waals surface area (Å²) >= 11 is 0. The molecule has 0 heterocycles. The summed E-state index contributed by atoms with van der Waals surface area (Å²) in [4.78, 5) is 2.58. The third-order valence-electron chi connectivity index (χ3n) is 4.17. The van der Waals surface area contributed by atoms with Crippen LogP contribution in [0.4, 0.5) is 5.69 Å². The van der Waals surface area contributed by atoms with Crippen molar-refractivity contribution in [2.24, 2.45) is 5.92 Å². The van der Waals surface area contributed by atoms with Crippen LogP contribution in [0.15, 0.2) is 18.2 Å². The highest BCUT2D eigenvalue weighted by Gasteiger charge is 2.26. The van der Waals surface area contributed by atoms with Crippen molar-refractivity contribution in [2.45, 2.75) is 72.5 Å². The maximum Gasteiger partial charge on any atom is 0.0398 e. The van der Waals surface area contributed by atoms with Crippen LogP contribution in [-0.2, 0) is 6.54 Å². The van der Waals surface area contributed by atoms with Crippen LogP contribution in [-0.4, -0.2) is 18.1 Å². The van der Waals surface area contributed by atoms with E-state index in [1.165, 1.54) is 36.2 Å². The van der Waals surface area contributed by atoms with Crippen molar-refractivity contribution in [1.29, 1.82) is 0 Å². The SMILES string of the molecule is Cc1cc(CNC(C)(C)C)ccc1N(CC1CC1)C(C)C. The Morgan fingerprint density at radius 1 is 1.24 bits per heavy atom. The number of benzene rings is 1. The first-order valence-corrected chi connectivity index (χ1v) is 8.37. The van der Waals surface area contributed by atoms with Crippen LogP contribution in [0.5, 0.6) is 0 Å². The van der Waals surface area contributed by atoms with Gasteiger partial charge in [0.25, 0.3) is 0 Å². The van der Waals surface area contributed by atoms with Gasteiger partial charge in [-0.3, -0.25) is 0 Å². The van der Waals surface area contributed by atoms with Gasteiger partial charge in [0.1, 0.15) is 0 Å². The first kappa shape index (κ1) is 16.4. The predicted molar refractivity (Wildman–Crippen MR) is 93.0 cm³/mol. The van der Waals surface area contributed by atoms with E-state index in [0.29, 0.717) is 6.04 Å². The van der Waals surface area contributed by atoms with Crippen molar-refractivity contribution in [3.63, 3.8) is 0 Å². The molecule has 118 valence electrons. The molecule has 0 amide bonds. The molecule has 21 heavy (non-hydrogen) atoms. The topological polar surface area (TPSA) is 15.3 Å². The average Bonchev–Trinajstić information content (AvgIpc) is 3.17. The summed E-state index contributed by atoms with van der Waals surface area (Å²) in [6.45, 7) is 15.7. The summed E-state index contributed by atoms with van der Waals surface area (Å²) < 4.78 is 0. The molecule has 0 radical (unpaired) electrons. The van der Waals surface area contributed by atoms with Gasteiger partial charge < -0.3 is 10.2 Å². The highest BCUT2D eigenvalue weighted by atomic mass is 15.2. The van der Waals surface area contributed by atoms with Crippen molar-refractivity contribution >= 4 is 5.69 Å². The van der Waals surface area contributed by atoms with E-state index in [-0.39, 0.29) is 5.54 Å². The average molecular weight is 288 g/mol. The summed E-state index contributed by atoms with van der Waals surface area (Å²) in [6.07, 6.45) is 2.83. The molecule has 1 aliphatic rings. The lowest BCUT2D eigenvalue weighted by Gasteiger charge is -2.31. The molecule has 1 aromatic carbocycles. The molecule has 1 aliphatic carbocycles. The Hall–Kier alpha value is -1.02. The normalized spacial score (nSPS) is 15.6. The van der Waals surface area contributed by atoms with Crippen LogP contribution in [0.2, 0.25) is 0 Å². The monoisotopic (exact) mass is 288 g/mol. The molecule has 2 heteroatoms. The second-order valence-electron chi connectivity index (χ2n) is 7.91. The minimum absolute atomic E-state index is 0.169. The van der Waals surface area contributed by atoms with Gasteiger partial charge in [0.15, 0.2) is 0 Å². The molecular weight excluding hydrogens is 256 g/mol. The molecule has 0 aliphatic heterocycles. The molecule has 0 spiro atoms. The highest BCUT2D eigenvalue weighted by molar-refractivity contribution is 5.55. The van der Waals surface area contributed by atoms with Crippen LogP contribution in [0, 0.1) is 12.8 Å². The Bertz CT molecular complexity index is 467. The van der Waals surface area contributed by atoms with Crippen LogP contribution in [0.25, 0.3) is 0 Å². The van der Waals surface area contributed by atoms with Gasteiger partial charge in [0.05, 0.1) is 0 Å². The van der Waals surface area contributed by atoms with Gasteiger partial charge in [0.2, 0.25) is 0 Å². The lowest BCUT2D eigenvalue weighted by molar-refractivity contribution is 0.424. The van der Waals surface area contributed by atoms with Gasteiger partial charge >= 0.3 is 0 Å². The van der Waals surface area contributed by atoms with Gasteiger partial charge in [-0.2, -0.15) is 0 Å². The number of nitrogens with one attached hydrogen (secondary N) is 1. The van der Waals surface area contributed by atoms with Crippen LogP contribution in [0.1, 0.15) is 58.6 Å². The van der Waals surface area contributed by atoms with E-state index in [1.807, 2.05) is 0 Å². The van der Waals surface area contributed by atoms with Crippen LogP contribution < -0.4 is 10.2 Å². The van der Waals surface area contributed by atoms with E-state index in [4.69, 9.17) is 0 Å². The van der Waals surface area contributed by atoms with E-state index in [1.54, 1.807) is 0 Å². The maximum atomic E-state index is 3.57. The van der Waals surface area contributed by atoms with E-state index < -0.39 is 0 Å². The van der Waals surface area contributed by atoms with Gasteiger partial charge in [-0.05, 0) is 77.5 Å². The number of hydrogen-bond donors (Lipinski definition) is 1. The fraction of sp³-hybridized carbons (Fsp3) is 0.684. The first-order valence-electron chi connectivity index (χ1n) is 8.37. The molecule has 1 aromatic rings. The van der Waals surface area contributed by atoms with Crippen LogP contribution in [0.3, 0.4) is 0 Å². The highest BCUT2D eigenvalue weighted by Crippen LogP contribution is 2.33. The quantitative estimate of drug-likeness (QED) is 0.828. The van der Waals surface area contributed by atoms with E-state index in [0.717, 1.165) is 12.5 Å². The zero-order valence-corrected chi connectivity index (χ0v) is 14.7. The standard InChI is InChI=1S/C19H32N2/c1-14(2)21(13-16-7-8-16)18-10-9-17(11-15(18)3)12-20-19(4,5)6/h9-11,14,16,20H,7-8,12-13H2,1-6H3. The fourth-order valence-corrected chi connectivity index (χ4v) is 2.68. The van der Waals surface area contributed by atoms with Gasteiger partial charge in [-0.25, -0.2) is 0 Å². The van der Waals surface area contributed by atoms with E-state index in [2.05, 4.69) is 70.0 Å². The molecule has 2 rings (SSSR count). The van der Waals surface area contributed by atoms with E-state index in [9.17, 15) is 0 Å². The Morgan fingerprint density at radius 2 is 1.90 bits per heavy atom. The van der Waals surface area contributed by atoms with Crippen molar-refractivity contribution in [3.05, 3.63) is 29.3 Å². The zero-order chi connectivity index (χ0) is 15.6. The first-order chi connectivity index (χ1) is 9.76. The molecule has 0 saturated heterocycles. The summed E-state index contributed by atoms with van der Waals surface area (Å²) in [5.41, 5.74) is 4.36. The molecule has 0 unspecified atom stereocenters. The molecule has 0 aromatic heterocycles. The summed E-state index contributed by atoms with van der Waals surface area (Å²) in [6, 6.07) is 7.51. The number of aryl methyl sites for hydroxylation is 1. The Labute approximate surface area is 130 Å². The summed E-state index contributed by atoms with van der Waals surface area (Å²) in [7, 11) is 0. The van der Waals surface area contributed by atoms with Crippen molar-refractivity contribution in [3.8, 4) is 0 Å². The third kappa shape index (κ3) is 5.03. The lowest BCUT2D eigenvalue weighted by Crippen LogP contribution is -2.35. The number of hydrogen-bond acceptors (Lipinski definition) is 2. The predicted octanol–water partition coefficient (Wildman–Crippen LogP) is 4.51. The summed E-state index contributed by atoms with van der Waals surface area (Å²) in [5.74, 6) is 0.925. The third-order valence-corrected chi connectivity index (χ3v) is 4.17. The Morgan fingerprint density at radius 3 is 2.38 bits per heavy atom. The number of nitrogens with zero attached hydrogens (tertiary/aromatic N) is 1. The minimum Gasteiger partial charge on any atom is -0.369 e. The van der Waals surface area contributed by atoms with Crippen LogP contribution >= 0.6 is 0 Å². The largest absolute Gasteiger partial charge is 0.369 e. The molecule has 0 atom stereocenters. The second-order valence-corrected chi connectivity index (χ2v) is 7.91. The fourth-order valence-electron chi connectivity index (χ4n) is 2.68. The molecule has 1 N–H and O–H groups in total. The lowest BCUT2D eigenvalue weighted by atomic mass is 10.0. The van der Waals surface area contributed by atoms with Crippen molar-refractivity contribution in [2.75, 3.05) is 11.4 Å². The summed E-state index contributed by atoms with van der Waals surface area (Å²) in [5, 5.41) is 3.57. The van der Waals surface area contributed by atoms with Gasteiger partial charge in [0, 0.05) is 30.4 Å². The molecule has 0 bridgehead atoms. The number of rotatable bonds is 6. The van der Waals surface area contributed by atoms with Crippen molar-refractivity contribution in [1.82, 2.24) is 5.32 Å². The molecular formula is C19H32N2. The molecule has 2 nitrogen and oxygen atoms in total. The number of anilines is 1. The van der Waals surface area contributed by atoms with Gasteiger partial charge in [-0.1, -0.05) is 12.1 Å². The molecule has 1 fully saturated rings. The Balaban J connectivity index is 2.09. The van der Waals surface area contributed by atoms with Crippen molar-refractivity contribution < 1.29 is 0 Å². The second kappa shape index (κ2) is 6.39. The smallest absolute Gasteiger partial charge is 0.0398 e. The maximum absolute atomic E-state index is 3.57. The minimum atomic E-state index is 0.169. The van der Waals surface area contributed by atoms with Gasteiger partial charge in [-0.15, -0.1) is 0 Å². The van der Waals surface area contributed by atoms with E-state index >= 15 is 0 Å². The zero-order valence-electron chi connectivity index (χ0n) is 14.7.